The summed E-state index contributed by atoms with van der Waals surface area (Å²) in [6.07, 6.45) is 8.81. The number of anilines is 2. The Morgan fingerprint density at radius 1 is 1.09 bits per heavy atom. The SMILES string of the molecule is CCCC(C)c1cn(C2=[N+]3[B]n4c(NCc5ccccc5OCC)ccc4C(c4ccc(NC(=O)CCl)cc4)=C3C=C2)[nH]1. The number of aromatic amines is 1. The van der Waals surface area contributed by atoms with Crippen LogP contribution >= 0.6 is 11.6 Å². The highest BCUT2D eigenvalue weighted by Crippen LogP contribution is 2.36. The maximum atomic E-state index is 11.8. The summed E-state index contributed by atoms with van der Waals surface area (Å²) in [5.41, 5.74) is 7.35. The van der Waals surface area contributed by atoms with E-state index in [1.54, 1.807) is 0 Å². The largest absolute Gasteiger partial charge is 0.553 e. The van der Waals surface area contributed by atoms with Gasteiger partial charge in [0.15, 0.2) is 0 Å². The Morgan fingerprint density at radius 3 is 2.63 bits per heavy atom. The average molecular weight is 595 g/mol. The van der Waals surface area contributed by atoms with Crippen molar-refractivity contribution in [1.29, 1.82) is 0 Å². The molecule has 0 saturated heterocycles. The number of allylic oxidation sites excluding steroid dienone is 2. The van der Waals surface area contributed by atoms with E-state index >= 15 is 0 Å². The second-order valence-corrected chi connectivity index (χ2v) is 11.1. The van der Waals surface area contributed by atoms with Crippen LogP contribution in [0.15, 0.2) is 84.7 Å². The van der Waals surface area contributed by atoms with Crippen LogP contribution < -0.4 is 15.4 Å². The zero-order valence-electron chi connectivity index (χ0n) is 24.7. The molecule has 0 bridgehead atoms. The Bertz CT molecular complexity index is 1710. The summed E-state index contributed by atoms with van der Waals surface area (Å²) in [5, 5.41) is 10.0. The lowest BCUT2D eigenvalue weighted by Gasteiger charge is -2.23. The number of halogens is 1. The Labute approximate surface area is 258 Å². The molecule has 1 amide bonds. The number of nitrogens with zero attached hydrogens (tertiary/aromatic N) is 3. The smallest absolute Gasteiger partial charge is 0.494 e. The first kappa shape index (κ1) is 28.7. The molecule has 43 heavy (non-hydrogen) atoms. The van der Waals surface area contributed by atoms with Crippen molar-refractivity contribution in [3.8, 4) is 5.75 Å². The van der Waals surface area contributed by atoms with Gasteiger partial charge in [0.1, 0.15) is 23.5 Å². The number of H-pyrrole nitrogens is 1. The number of aromatic nitrogens is 3. The molecular formula is C33H36BClN6O2+. The number of hydrogen-bond donors (Lipinski definition) is 3. The minimum Gasteiger partial charge on any atom is -0.494 e. The fourth-order valence-electron chi connectivity index (χ4n) is 5.69. The molecule has 2 aliphatic heterocycles. The zero-order chi connectivity index (χ0) is 29.9. The van der Waals surface area contributed by atoms with Crippen LogP contribution in [0.5, 0.6) is 5.75 Å². The summed E-state index contributed by atoms with van der Waals surface area (Å²) < 4.78 is 12.4. The molecule has 219 valence electrons. The molecule has 4 aromatic rings. The van der Waals surface area contributed by atoms with Crippen LogP contribution in [-0.4, -0.2) is 50.5 Å². The van der Waals surface area contributed by atoms with Crippen LogP contribution in [0.2, 0.25) is 0 Å². The van der Waals surface area contributed by atoms with Gasteiger partial charge in [-0.25, -0.2) is 5.10 Å². The van der Waals surface area contributed by atoms with Gasteiger partial charge in [0.05, 0.1) is 18.1 Å². The van der Waals surface area contributed by atoms with E-state index in [2.05, 4.69) is 87.3 Å². The molecule has 3 N–H and O–H groups in total. The molecule has 2 aromatic heterocycles. The third kappa shape index (κ3) is 5.69. The number of benzene rings is 2. The van der Waals surface area contributed by atoms with Gasteiger partial charge in [0.25, 0.3) is 5.84 Å². The van der Waals surface area contributed by atoms with Gasteiger partial charge >= 0.3 is 7.55 Å². The standard InChI is InChI=1S/C33H36BClN6O2/c1-4-8-22(3)26-21-39(38-26)32-18-16-28-33(23-11-13-25(14-12-23)37-31(42)19-35)27-15-17-30(40(27)34-41(28)32)36-20-24-9-6-7-10-29(24)43-5-2/h6-7,9-18,21-22,36,38H,4-5,8,19-20H2,1-3H3,(H,37,42)/q+1. The molecule has 0 spiro atoms. The van der Waals surface area contributed by atoms with E-state index in [-0.39, 0.29) is 11.8 Å². The fraction of sp³-hybridized carbons (Fsp3) is 0.273. The van der Waals surface area contributed by atoms with Gasteiger partial charge in [-0.3, -0.25) is 9.28 Å². The van der Waals surface area contributed by atoms with Crippen LogP contribution in [0.25, 0.3) is 5.57 Å². The number of carbonyl (C=O) groups is 1. The molecule has 0 aliphatic carbocycles. The molecule has 8 nitrogen and oxygen atoms in total. The van der Waals surface area contributed by atoms with Gasteiger partial charge < -0.3 is 19.8 Å². The second kappa shape index (κ2) is 12.5. The topological polar surface area (TPSA) is 79.0 Å². The number of amides is 1. The van der Waals surface area contributed by atoms with E-state index in [4.69, 9.17) is 16.3 Å². The second-order valence-electron chi connectivity index (χ2n) is 10.8. The highest BCUT2D eigenvalue weighted by atomic mass is 35.5. The quantitative estimate of drug-likeness (QED) is 0.139. The molecule has 2 aromatic carbocycles. The Morgan fingerprint density at radius 2 is 1.88 bits per heavy atom. The van der Waals surface area contributed by atoms with Gasteiger partial charge in [0, 0.05) is 41.1 Å². The van der Waals surface area contributed by atoms with Crippen LogP contribution in [0.1, 0.15) is 62.0 Å². The monoisotopic (exact) mass is 594 g/mol. The first-order valence-corrected chi connectivity index (χ1v) is 15.4. The van der Waals surface area contributed by atoms with Crippen LogP contribution in [0, 0.1) is 0 Å². The van der Waals surface area contributed by atoms with Crippen LogP contribution in [-0.2, 0) is 11.3 Å². The van der Waals surface area contributed by atoms with E-state index in [0.29, 0.717) is 24.8 Å². The third-order valence-electron chi connectivity index (χ3n) is 7.89. The fourth-order valence-corrected chi connectivity index (χ4v) is 5.76. The van der Waals surface area contributed by atoms with Crippen molar-refractivity contribution >= 4 is 48.0 Å². The summed E-state index contributed by atoms with van der Waals surface area (Å²) in [4.78, 5) is 11.8. The van der Waals surface area contributed by atoms with Crippen LogP contribution in [0.4, 0.5) is 11.5 Å². The van der Waals surface area contributed by atoms with E-state index in [1.807, 2.05) is 49.4 Å². The summed E-state index contributed by atoms with van der Waals surface area (Å²) in [6.45, 7) is 7.73. The van der Waals surface area contributed by atoms with Crippen molar-refractivity contribution in [3.63, 3.8) is 0 Å². The summed E-state index contributed by atoms with van der Waals surface area (Å²) >= 11 is 5.69. The van der Waals surface area contributed by atoms with Crippen molar-refractivity contribution in [2.75, 3.05) is 23.1 Å². The molecule has 1 atom stereocenters. The first-order chi connectivity index (χ1) is 21.0. The van der Waals surface area contributed by atoms with Crippen LogP contribution in [0.3, 0.4) is 0 Å². The number of para-hydroxylation sites is 1. The van der Waals surface area contributed by atoms with Gasteiger partial charge in [-0.2, -0.15) is 0 Å². The average Bonchev–Trinajstić information content (AvgIpc) is 3.59. The maximum absolute atomic E-state index is 11.8. The minimum absolute atomic E-state index is 0.0818. The molecule has 10 heteroatoms. The summed E-state index contributed by atoms with van der Waals surface area (Å²) in [7, 11) is 2.14. The molecule has 0 saturated carbocycles. The number of rotatable bonds is 11. The maximum Gasteiger partial charge on any atom is 0.553 e. The molecule has 1 unspecified atom stereocenters. The Kier molecular flexibility index (Phi) is 8.34. The predicted molar refractivity (Wildman–Crippen MR) is 174 cm³/mol. The molecule has 6 rings (SSSR count). The van der Waals surface area contributed by atoms with Crippen molar-refractivity contribution in [2.24, 2.45) is 0 Å². The first-order valence-electron chi connectivity index (χ1n) is 14.8. The lowest BCUT2D eigenvalue weighted by molar-refractivity contribution is -0.316. The number of ether oxygens (including phenoxy) is 1. The zero-order valence-corrected chi connectivity index (χ0v) is 25.5. The van der Waals surface area contributed by atoms with Crippen molar-refractivity contribution in [2.45, 2.75) is 46.1 Å². The highest BCUT2D eigenvalue weighted by molar-refractivity contribution is 6.30. The number of fused-ring (bicyclic) bond motifs is 2. The highest BCUT2D eigenvalue weighted by Gasteiger charge is 2.36. The molecule has 2 aliphatic rings. The summed E-state index contributed by atoms with van der Waals surface area (Å²) in [6, 6.07) is 20.3. The molecule has 1 radical (unpaired) electrons. The van der Waals surface area contributed by atoms with E-state index in [9.17, 15) is 4.79 Å². The van der Waals surface area contributed by atoms with Gasteiger partial charge in [-0.1, -0.05) is 50.6 Å². The van der Waals surface area contributed by atoms with E-state index < -0.39 is 0 Å². The molecule has 4 heterocycles. The van der Waals surface area contributed by atoms with E-state index in [0.717, 1.165) is 58.3 Å². The normalized spacial score (nSPS) is 14.4. The Hall–Kier alpha value is -4.37. The summed E-state index contributed by atoms with van der Waals surface area (Å²) in [5.74, 6) is 3.07. The van der Waals surface area contributed by atoms with Crippen molar-refractivity contribution in [1.82, 2.24) is 14.3 Å². The molecule has 0 fully saturated rings. The van der Waals surface area contributed by atoms with Gasteiger partial charge in [0.2, 0.25) is 5.91 Å². The third-order valence-corrected chi connectivity index (χ3v) is 8.13. The lowest BCUT2D eigenvalue weighted by atomic mass is 9.92. The molecular weight excluding hydrogens is 559 g/mol. The number of alkyl halides is 1. The number of nitrogens with one attached hydrogen (secondary N) is 3. The van der Waals surface area contributed by atoms with Gasteiger partial charge in [-0.05, 0) is 55.3 Å². The van der Waals surface area contributed by atoms with Crippen molar-refractivity contribution in [3.05, 3.63) is 107 Å². The van der Waals surface area contributed by atoms with Gasteiger partial charge in [-0.15, -0.1) is 16.3 Å². The van der Waals surface area contributed by atoms with E-state index in [1.165, 1.54) is 5.69 Å². The lowest BCUT2D eigenvalue weighted by Crippen LogP contribution is -2.36. The number of carbonyl (C=O) groups excluding carboxylic acids is 1. The number of hydrogen-bond acceptors (Lipinski definition) is 3. The minimum atomic E-state index is -0.230. The predicted octanol–water partition coefficient (Wildman–Crippen LogP) is 6.39. The Balaban J connectivity index is 1.37. The van der Waals surface area contributed by atoms with Crippen molar-refractivity contribution < 1.29 is 14.0 Å².